The fourth-order valence-corrected chi connectivity index (χ4v) is 2.49. The zero-order chi connectivity index (χ0) is 14.7. The number of hydrogen-bond donors (Lipinski definition) is 1. The molecule has 21 heavy (non-hydrogen) atoms. The van der Waals surface area contributed by atoms with Crippen LogP contribution in [-0.2, 0) is 6.54 Å². The molecule has 0 spiro atoms. The van der Waals surface area contributed by atoms with Gasteiger partial charge in [0.1, 0.15) is 11.0 Å². The molecule has 1 N–H and O–H groups in total. The third-order valence-electron chi connectivity index (χ3n) is 3.26. The Labute approximate surface area is 127 Å². The van der Waals surface area contributed by atoms with E-state index in [2.05, 4.69) is 40.6 Å². The van der Waals surface area contributed by atoms with Gasteiger partial charge in [-0.15, -0.1) is 0 Å². The normalized spacial score (nSPS) is 10.3. The van der Waals surface area contributed by atoms with E-state index >= 15 is 0 Å². The summed E-state index contributed by atoms with van der Waals surface area (Å²) in [5.41, 5.74) is 1.67. The predicted octanol–water partition coefficient (Wildman–Crippen LogP) is 4.37. The van der Waals surface area contributed by atoms with Crippen LogP contribution in [0.5, 0.6) is 0 Å². The van der Waals surface area contributed by atoms with E-state index in [9.17, 15) is 0 Å². The zero-order valence-corrected chi connectivity index (χ0v) is 11.9. The Hall–Kier alpha value is -2.57. The van der Waals surface area contributed by atoms with Crippen LogP contribution in [0.1, 0.15) is 11.1 Å². The van der Waals surface area contributed by atoms with Crippen LogP contribution in [-0.4, -0.2) is 4.98 Å². The highest BCUT2D eigenvalue weighted by Gasteiger charge is 2.03. The Morgan fingerprint density at radius 1 is 1.10 bits per heavy atom. The first kappa shape index (κ1) is 13.4. The van der Waals surface area contributed by atoms with Crippen LogP contribution in [0.15, 0.2) is 54.6 Å². The highest BCUT2D eigenvalue weighted by molar-refractivity contribution is 6.29. The Bertz CT molecular complexity index is 832. The number of nitrogens with one attached hydrogen (secondary N) is 1. The van der Waals surface area contributed by atoms with Crippen LogP contribution >= 0.6 is 11.6 Å². The van der Waals surface area contributed by atoms with Gasteiger partial charge in [-0.05, 0) is 28.5 Å². The maximum absolute atomic E-state index is 8.95. The van der Waals surface area contributed by atoms with E-state index in [0.29, 0.717) is 23.1 Å². The van der Waals surface area contributed by atoms with Crippen LogP contribution in [0, 0.1) is 11.3 Å². The third kappa shape index (κ3) is 2.96. The molecule has 0 aliphatic heterocycles. The average Bonchev–Trinajstić information content (AvgIpc) is 2.52. The van der Waals surface area contributed by atoms with Gasteiger partial charge in [0, 0.05) is 6.54 Å². The standard InChI is InChI=1S/C17H12ClN3/c18-16-8-12(10-19)9-17(21-16)20-11-14-6-3-5-13-4-1-2-7-15(13)14/h1-9H,11H2,(H,20,21). The van der Waals surface area contributed by atoms with E-state index in [1.54, 1.807) is 12.1 Å². The summed E-state index contributed by atoms with van der Waals surface area (Å²) in [4.78, 5) is 4.18. The second kappa shape index (κ2) is 5.82. The zero-order valence-electron chi connectivity index (χ0n) is 11.2. The molecule has 0 atom stereocenters. The van der Waals surface area contributed by atoms with E-state index in [1.165, 1.54) is 16.3 Å². The summed E-state index contributed by atoms with van der Waals surface area (Å²) in [6.45, 7) is 0.625. The van der Waals surface area contributed by atoms with Crippen molar-refractivity contribution in [2.24, 2.45) is 0 Å². The van der Waals surface area contributed by atoms with Crippen LogP contribution < -0.4 is 5.32 Å². The first-order valence-corrected chi connectivity index (χ1v) is 6.92. The lowest BCUT2D eigenvalue weighted by Crippen LogP contribution is -2.02. The van der Waals surface area contributed by atoms with Crippen molar-refractivity contribution in [3.05, 3.63) is 70.9 Å². The number of pyridine rings is 1. The molecular formula is C17H12ClN3. The quantitative estimate of drug-likeness (QED) is 0.729. The van der Waals surface area contributed by atoms with E-state index in [0.717, 1.165) is 0 Å². The molecule has 0 aliphatic carbocycles. The van der Waals surface area contributed by atoms with Gasteiger partial charge in [0.05, 0.1) is 11.6 Å². The first-order chi connectivity index (χ1) is 10.3. The number of nitrogens with zero attached hydrogens (tertiary/aromatic N) is 2. The molecule has 3 rings (SSSR count). The molecule has 4 heteroatoms. The number of fused-ring (bicyclic) bond motifs is 1. The van der Waals surface area contributed by atoms with Gasteiger partial charge >= 0.3 is 0 Å². The molecule has 3 nitrogen and oxygen atoms in total. The van der Waals surface area contributed by atoms with Crippen molar-refractivity contribution in [1.29, 1.82) is 5.26 Å². The number of aromatic nitrogens is 1. The van der Waals surface area contributed by atoms with E-state index < -0.39 is 0 Å². The minimum absolute atomic E-state index is 0.314. The van der Waals surface area contributed by atoms with Gasteiger partial charge in [0.15, 0.2) is 0 Å². The molecule has 0 amide bonds. The SMILES string of the molecule is N#Cc1cc(Cl)nc(NCc2cccc3ccccc23)c1. The molecule has 0 fully saturated rings. The molecule has 0 radical (unpaired) electrons. The summed E-state index contributed by atoms with van der Waals surface area (Å²) in [6.07, 6.45) is 0. The summed E-state index contributed by atoms with van der Waals surface area (Å²) < 4.78 is 0. The highest BCUT2D eigenvalue weighted by Crippen LogP contribution is 2.20. The summed E-state index contributed by atoms with van der Waals surface area (Å²) in [7, 11) is 0. The van der Waals surface area contributed by atoms with Crippen LogP contribution in [0.3, 0.4) is 0 Å². The van der Waals surface area contributed by atoms with Crippen molar-refractivity contribution >= 4 is 28.2 Å². The van der Waals surface area contributed by atoms with E-state index in [1.807, 2.05) is 18.2 Å². The van der Waals surface area contributed by atoms with Crippen LogP contribution in [0.25, 0.3) is 10.8 Å². The third-order valence-corrected chi connectivity index (χ3v) is 3.46. The number of halogens is 1. The molecule has 102 valence electrons. The lowest BCUT2D eigenvalue weighted by molar-refractivity contribution is 1.12. The molecule has 3 aromatic rings. The molecule has 0 unspecified atom stereocenters. The Kier molecular flexibility index (Phi) is 3.72. The lowest BCUT2D eigenvalue weighted by Gasteiger charge is -2.09. The molecular weight excluding hydrogens is 282 g/mol. The van der Waals surface area contributed by atoms with Gasteiger partial charge in [0.25, 0.3) is 0 Å². The topological polar surface area (TPSA) is 48.7 Å². The number of rotatable bonds is 3. The number of nitriles is 1. The first-order valence-electron chi connectivity index (χ1n) is 6.54. The summed E-state index contributed by atoms with van der Waals surface area (Å²) >= 11 is 5.90. The van der Waals surface area contributed by atoms with Crippen molar-refractivity contribution in [2.75, 3.05) is 5.32 Å². The fraction of sp³-hybridized carbons (Fsp3) is 0.0588. The summed E-state index contributed by atoms with van der Waals surface area (Å²) in [5.74, 6) is 0.604. The fourth-order valence-electron chi connectivity index (χ4n) is 2.28. The second-order valence-corrected chi connectivity index (χ2v) is 5.05. The monoisotopic (exact) mass is 293 g/mol. The van der Waals surface area contributed by atoms with E-state index in [4.69, 9.17) is 16.9 Å². The van der Waals surface area contributed by atoms with Crippen molar-refractivity contribution in [3.8, 4) is 6.07 Å². The largest absolute Gasteiger partial charge is 0.366 e. The molecule has 0 saturated heterocycles. The molecule has 0 saturated carbocycles. The predicted molar refractivity (Wildman–Crippen MR) is 85.2 cm³/mol. The van der Waals surface area contributed by atoms with Crippen LogP contribution in [0.2, 0.25) is 5.15 Å². The molecule has 0 aliphatic rings. The van der Waals surface area contributed by atoms with Gasteiger partial charge in [-0.1, -0.05) is 54.1 Å². The Morgan fingerprint density at radius 3 is 2.76 bits per heavy atom. The van der Waals surface area contributed by atoms with E-state index in [-0.39, 0.29) is 0 Å². The summed E-state index contributed by atoms with van der Waals surface area (Å²) in [5, 5.41) is 14.9. The van der Waals surface area contributed by atoms with Gasteiger partial charge in [0.2, 0.25) is 0 Å². The Morgan fingerprint density at radius 2 is 1.90 bits per heavy atom. The van der Waals surface area contributed by atoms with Gasteiger partial charge < -0.3 is 5.32 Å². The van der Waals surface area contributed by atoms with Gasteiger partial charge in [-0.3, -0.25) is 0 Å². The molecule has 2 aromatic carbocycles. The van der Waals surface area contributed by atoms with Crippen molar-refractivity contribution in [2.45, 2.75) is 6.54 Å². The van der Waals surface area contributed by atoms with Crippen molar-refractivity contribution < 1.29 is 0 Å². The van der Waals surface area contributed by atoms with Crippen molar-refractivity contribution in [3.63, 3.8) is 0 Å². The maximum atomic E-state index is 8.95. The smallest absolute Gasteiger partial charge is 0.132 e. The minimum atomic E-state index is 0.314. The van der Waals surface area contributed by atoms with Crippen molar-refractivity contribution in [1.82, 2.24) is 4.98 Å². The average molecular weight is 294 g/mol. The number of hydrogen-bond acceptors (Lipinski definition) is 3. The highest BCUT2D eigenvalue weighted by atomic mass is 35.5. The second-order valence-electron chi connectivity index (χ2n) is 4.67. The lowest BCUT2D eigenvalue weighted by atomic mass is 10.0. The van der Waals surface area contributed by atoms with Gasteiger partial charge in [-0.25, -0.2) is 4.98 Å². The Balaban J connectivity index is 1.87. The maximum Gasteiger partial charge on any atom is 0.132 e. The number of benzene rings is 2. The molecule has 0 bridgehead atoms. The molecule has 1 heterocycles. The van der Waals surface area contributed by atoms with Gasteiger partial charge in [-0.2, -0.15) is 5.26 Å². The summed E-state index contributed by atoms with van der Waals surface area (Å²) in [6, 6.07) is 19.7. The minimum Gasteiger partial charge on any atom is -0.366 e. The number of anilines is 1. The van der Waals surface area contributed by atoms with Crippen LogP contribution in [0.4, 0.5) is 5.82 Å². The molecule has 1 aromatic heterocycles.